The van der Waals surface area contributed by atoms with Gasteiger partial charge in [-0.15, -0.1) is 0 Å². The van der Waals surface area contributed by atoms with Crippen molar-refractivity contribution < 1.29 is 9.63 Å². The molecule has 0 aromatic rings. The molecule has 1 spiro atoms. The summed E-state index contributed by atoms with van der Waals surface area (Å²) in [5, 5.41) is 10.6. The Kier molecular flexibility index (Phi) is 4.24. The number of amides is 1. The Morgan fingerprint density at radius 3 is 2.75 bits per heavy atom. The van der Waals surface area contributed by atoms with Crippen molar-refractivity contribution in [3.8, 4) is 0 Å². The van der Waals surface area contributed by atoms with E-state index in [0.29, 0.717) is 18.2 Å². The van der Waals surface area contributed by atoms with E-state index in [9.17, 15) is 4.79 Å². The maximum absolute atomic E-state index is 12.3. The van der Waals surface area contributed by atoms with Gasteiger partial charge >= 0.3 is 0 Å². The highest BCUT2D eigenvalue weighted by Gasteiger charge is 2.42. The van der Waals surface area contributed by atoms with Gasteiger partial charge in [-0.2, -0.15) is 0 Å². The predicted octanol–water partition coefficient (Wildman–Crippen LogP) is 1.72. The largest absolute Gasteiger partial charge is 0.387 e. The summed E-state index contributed by atoms with van der Waals surface area (Å²) in [5.41, 5.74) is 0.326. The monoisotopic (exact) mass is 279 g/mol. The molecule has 1 amide bonds. The van der Waals surface area contributed by atoms with E-state index in [4.69, 9.17) is 4.84 Å². The molecule has 112 valence electrons. The molecule has 1 saturated carbocycles. The minimum atomic E-state index is -0.256. The standard InChI is InChI=1S/C15H25N3O2/c19-14(17-12-6-3-1-2-4-7-12)13-10-15(20-18-13)8-5-9-16-11-15/h12,16H,1-11H2,(H,17,19)/t15-/m1/s1. The van der Waals surface area contributed by atoms with Crippen LogP contribution in [0.2, 0.25) is 0 Å². The molecule has 1 aliphatic carbocycles. The number of carbonyl (C=O) groups is 1. The van der Waals surface area contributed by atoms with Crippen LogP contribution in [0.4, 0.5) is 0 Å². The summed E-state index contributed by atoms with van der Waals surface area (Å²) in [6.45, 7) is 1.84. The van der Waals surface area contributed by atoms with Crippen molar-refractivity contribution in [1.82, 2.24) is 10.6 Å². The lowest BCUT2D eigenvalue weighted by Gasteiger charge is -2.30. The molecule has 20 heavy (non-hydrogen) atoms. The fourth-order valence-electron chi connectivity index (χ4n) is 3.50. The van der Waals surface area contributed by atoms with Gasteiger partial charge in [-0.05, 0) is 32.2 Å². The summed E-state index contributed by atoms with van der Waals surface area (Å²) in [6.07, 6.45) is 9.98. The van der Waals surface area contributed by atoms with E-state index in [-0.39, 0.29) is 11.5 Å². The van der Waals surface area contributed by atoms with Crippen molar-refractivity contribution in [2.45, 2.75) is 69.4 Å². The van der Waals surface area contributed by atoms with E-state index in [1.54, 1.807) is 0 Å². The highest BCUT2D eigenvalue weighted by molar-refractivity contribution is 6.39. The second-order valence-electron chi connectivity index (χ2n) is 6.43. The van der Waals surface area contributed by atoms with Crippen LogP contribution in [0.5, 0.6) is 0 Å². The van der Waals surface area contributed by atoms with Crippen LogP contribution in [0.15, 0.2) is 5.16 Å². The molecule has 3 aliphatic rings. The fourth-order valence-corrected chi connectivity index (χ4v) is 3.50. The van der Waals surface area contributed by atoms with Gasteiger partial charge in [0.25, 0.3) is 5.91 Å². The molecule has 2 aliphatic heterocycles. The number of nitrogens with one attached hydrogen (secondary N) is 2. The van der Waals surface area contributed by atoms with Gasteiger partial charge in [0.15, 0.2) is 5.60 Å². The van der Waals surface area contributed by atoms with Crippen LogP contribution in [-0.4, -0.2) is 36.4 Å². The normalized spacial score (nSPS) is 31.5. The first kappa shape index (κ1) is 13.9. The van der Waals surface area contributed by atoms with Crippen LogP contribution in [0.25, 0.3) is 0 Å². The van der Waals surface area contributed by atoms with Crippen LogP contribution in [-0.2, 0) is 9.63 Å². The number of hydrogen-bond acceptors (Lipinski definition) is 4. The lowest BCUT2D eigenvalue weighted by Crippen LogP contribution is -2.47. The van der Waals surface area contributed by atoms with Gasteiger partial charge in [-0.3, -0.25) is 4.79 Å². The lowest BCUT2D eigenvalue weighted by molar-refractivity contribution is -0.115. The van der Waals surface area contributed by atoms with Crippen molar-refractivity contribution in [2.24, 2.45) is 5.16 Å². The van der Waals surface area contributed by atoms with Gasteiger partial charge in [0.2, 0.25) is 0 Å². The Morgan fingerprint density at radius 2 is 2.05 bits per heavy atom. The molecule has 2 heterocycles. The van der Waals surface area contributed by atoms with Gasteiger partial charge in [0.05, 0.1) is 0 Å². The van der Waals surface area contributed by atoms with Gasteiger partial charge in [-0.25, -0.2) is 0 Å². The van der Waals surface area contributed by atoms with Crippen LogP contribution in [0.1, 0.15) is 57.8 Å². The average Bonchev–Trinajstić information content (AvgIpc) is 2.70. The highest BCUT2D eigenvalue weighted by atomic mass is 16.7. The molecule has 0 unspecified atom stereocenters. The highest BCUT2D eigenvalue weighted by Crippen LogP contribution is 2.30. The molecule has 0 aromatic carbocycles. The zero-order chi connectivity index (χ0) is 13.8. The van der Waals surface area contributed by atoms with Gasteiger partial charge in [-0.1, -0.05) is 30.8 Å². The first-order chi connectivity index (χ1) is 9.77. The zero-order valence-electron chi connectivity index (χ0n) is 12.1. The van der Waals surface area contributed by atoms with Crippen molar-refractivity contribution in [3.63, 3.8) is 0 Å². The average molecular weight is 279 g/mol. The van der Waals surface area contributed by atoms with Crippen LogP contribution in [0, 0.1) is 0 Å². The Hall–Kier alpha value is -1.10. The van der Waals surface area contributed by atoms with E-state index in [0.717, 1.165) is 38.8 Å². The Balaban J connectivity index is 1.52. The molecule has 5 nitrogen and oxygen atoms in total. The number of carbonyl (C=O) groups excluding carboxylic acids is 1. The molecular weight excluding hydrogens is 254 g/mol. The molecule has 0 bridgehead atoms. The zero-order valence-corrected chi connectivity index (χ0v) is 12.1. The first-order valence-corrected chi connectivity index (χ1v) is 8.04. The molecule has 3 rings (SSSR count). The van der Waals surface area contributed by atoms with Crippen LogP contribution < -0.4 is 10.6 Å². The Labute approximate surface area is 120 Å². The SMILES string of the molecule is O=C(NC1CCCCCC1)C1=NO[C@]2(CCCNC2)C1. The Bertz CT molecular complexity index is 381. The summed E-state index contributed by atoms with van der Waals surface area (Å²) in [7, 11) is 0. The minimum Gasteiger partial charge on any atom is -0.387 e. The smallest absolute Gasteiger partial charge is 0.269 e. The molecule has 5 heteroatoms. The quantitative estimate of drug-likeness (QED) is 0.757. The van der Waals surface area contributed by atoms with Crippen molar-refractivity contribution in [3.05, 3.63) is 0 Å². The van der Waals surface area contributed by atoms with E-state index in [2.05, 4.69) is 15.8 Å². The van der Waals surface area contributed by atoms with Crippen LogP contribution >= 0.6 is 0 Å². The summed E-state index contributed by atoms with van der Waals surface area (Å²) in [4.78, 5) is 17.9. The minimum absolute atomic E-state index is 0.0145. The van der Waals surface area contributed by atoms with Crippen molar-refractivity contribution in [2.75, 3.05) is 13.1 Å². The maximum atomic E-state index is 12.3. The number of nitrogens with zero attached hydrogens (tertiary/aromatic N) is 1. The second-order valence-corrected chi connectivity index (χ2v) is 6.43. The number of rotatable bonds is 2. The molecule has 1 atom stereocenters. The lowest BCUT2D eigenvalue weighted by atomic mass is 9.89. The van der Waals surface area contributed by atoms with E-state index in [1.807, 2.05) is 0 Å². The van der Waals surface area contributed by atoms with E-state index < -0.39 is 0 Å². The second kappa shape index (κ2) is 6.12. The third-order valence-electron chi connectivity index (χ3n) is 4.72. The first-order valence-electron chi connectivity index (χ1n) is 8.04. The fraction of sp³-hybridized carbons (Fsp3) is 0.867. The summed E-state index contributed by atoms with van der Waals surface area (Å²) in [5.74, 6) is -0.0145. The van der Waals surface area contributed by atoms with Gasteiger partial charge < -0.3 is 15.5 Å². The Morgan fingerprint density at radius 1 is 1.25 bits per heavy atom. The number of oxime groups is 1. The summed E-state index contributed by atoms with van der Waals surface area (Å²) < 4.78 is 0. The van der Waals surface area contributed by atoms with Crippen LogP contribution in [0.3, 0.4) is 0 Å². The molecule has 2 fully saturated rings. The van der Waals surface area contributed by atoms with Gasteiger partial charge in [0, 0.05) is 19.0 Å². The molecule has 0 radical (unpaired) electrons. The van der Waals surface area contributed by atoms with E-state index in [1.165, 1.54) is 25.7 Å². The predicted molar refractivity (Wildman–Crippen MR) is 77.6 cm³/mol. The third kappa shape index (κ3) is 3.14. The van der Waals surface area contributed by atoms with Crippen molar-refractivity contribution >= 4 is 11.6 Å². The maximum Gasteiger partial charge on any atom is 0.269 e. The number of hydrogen-bond donors (Lipinski definition) is 2. The molecule has 2 N–H and O–H groups in total. The number of piperidine rings is 1. The van der Waals surface area contributed by atoms with Crippen molar-refractivity contribution in [1.29, 1.82) is 0 Å². The van der Waals surface area contributed by atoms with E-state index >= 15 is 0 Å². The summed E-state index contributed by atoms with van der Waals surface area (Å²) >= 11 is 0. The third-order valence-corrected chi connectivity index (χ3v) is 4.72. The molecular formula is C15H25N3O2. The van der Waals surface area contributed by atoms with Gasteiger partial charge in [0.1, 0.15) is 5.71 Å². The molecule has 0 aromatic heterocycles. The molecule has 1 saturated heterocycles. The topological polar surface area (TPSA) is 62.7 Å². The summed E-state index contributed by atoms with van der Waals surface area (Å²) in [6, 6.07) is 0.328.